The summed E-state index contributed by atoms with van der Waals surface area (Å²) in [5.74, 6) is -0.841. The molecule has 66 valence electrons. The van der Waals surface area contributed by atoms with Crippen molar-refractivity contribution in [3.05, 3.63) is 11.9 Å². The Hall–Kier alpha value is -1.39. The van der Waals surface area contributed by atoms with Crippen molar-refractivity contribution in [1.29, 1.82) is 0 Å². The first-order valence-corrected chi connectivity index (χ1v) is 3.67. The lowest BCUT2D eigenvalue weighted by Gasteiger charge is -2.06. The number of rotatable bonds is 3. The molecule has 1 aromatic rings. The maximum atomic E-state index is 10.4. The van der Waals surface area contributed by atoms with Crippen LogP contribution in [-0.4, -0.2) is 26.1 Å². The van der Waals surface area contributed by atoms with Crippen molar-refractivity contribution in [2.45, 2.75) is 19.3 Å². The van der Waals surface area contributed by atoms with Crippen LogP contribution in [0, 0.1) is 0 Å². The molecule has 0 bridgehead atoms. The standard InChI is InChI=1S/C7H11N3O2/c1-5(3-7(11)12)6-4-8-9-10(6)2/h4-5H,3H2,1-2H3,(H,11,12). The molecule has 0 aliphatic heterocycles. The Kier molecular flexibility index (Phi) is 2.42. The maximum Gasteiger partial charge on any atom is 0.304 e. The number of aryl methyl sites for hydroxylation is 1. The molecule has 12 heavy (non-hydrogen) atoms. The first-order chi connectivity index (χ1) is 5.61. The number of aromatic nitrogens is 3. The van der Waals surface area contributed by atoms with E-state index in [2.05, 4.69) is 10.3 Å². The normalized spacial score (nSPS) is 12.8. The molecule has 0 fully saturated rings. The first-order valence-electron chi connectivity index (χ1n) is 3.67. The third kappa shape index (κ3) is 1.81. The molecule has 0 amide bonds. The van der Waals surface area contributed by atoms with Crippen LogP contribution in [0.15, 0.2) is 6.20 Å². The zero-order chi connectivity index (χ0) is 9.14. The van der Waals surface area contributed by atoms with Gasteiger partial charge in [0.1, 0.15) is 0 Å². The Bertz CT molecular complexity index is 282. The van der Waals surface area contributed by atoms with Crippen molar-refractivity contribution in [1.82, 2.24) is 15.0 Å². The SMILES string of the molecule is CC(CC(=O)O)c1cnnn1C. The van der Waals surface area contributed by atoms with Crippen molar-refractivity contribution in [2.24, 2.45) is 7.05 Å². The molecular weight excluding hydrogens is 158 g/mol. The Morgan fingerprint density at radius 3 is 2.92 bits per heavy atom. The van der Waals surface area contributed by atoms with Crippen LogP contribution in [0.25, 0.3) is 0 Å². The second-order valence-corrected chi connectivity index (χ2v) is 2.78. The van der Waals surface area contributed by atoms with Crippen LogP contribution in [0.1, 0.15) is 25.0 Å². The summed E-state index contributed by atoms with van der Waals surface area (Å²) in [6, 6.07) is 0. The van der Waals surface area contributed by atoms with Gasteiger partial charge in [0.15, 0.2) is 0 Å². The largest absolute Gasteiger partial charge is 0.481 e. The molecule has 1 N–H and O–H groups in total. The number of carboxylic acid groups (broad SMARTS) is 1. The van der Waals surface area contributed by atoms with E-state index in [1.807, 2.05) is 6.92 Å². The Morgan fingerprint density at radius 1 is 1.83 bits per heavy atom. The molecule has 0 saturated heterocycles. The minimum Gasteiger partial charge on any atom is -0.481 e. The lowest BCUT2D eigenvalue weighted by Crippen LogP contribution is -2.07. The molecule has 1 atom stereocenters. The quantitative estimate of drug-likeness (QED) is 0.710. The van der Waals surface area contributed by atoms with Gasteiger partial charge in [-0.15, -0.1) is 5.10 Å². The molecule has 0 radical (unpaired) electrons. The molecule has 1 unspecified atom stereocenters. The molecular formula is C7H11N3O2. The van der Waals surface area contributed by atoms with Gasteiger partial charge in [0.05, 0.1) is 18.3 Å². The topological polar surface area (TPSA) is 68.0 Å². The van der Waals surface area contributed by atoms with Gasteiger partial charge < -0.3 is 5.11 Å². The van der Waals surface area contributed by atoms with Gasteiger partial charge in [-0.25, -0.2) is 0 Å². The van der Waals surface area contributed by atoms with Crippen LogP contribution >= 0.6 is 0 Å². The fourth-order valence-corrected chi connectivity index (χ4v) is 1.11. The molecule has 1 heterocycles. The van der Waals surface area contributed by atoms with Crippen LogP contribution in [-0.2, 0) is 11.8 Å². The fraction of sp³-hybridized carbons (Fsp3) is 0.571. The van der Waals surface area contributed by atoms with Crippen molar-refractivity contribution in [2.75, 3.05) is 0 Å². The van der Waals surface area contributed by atoms with Gasteiger partial charge in [0.2, 0.25) is 0 Å². The second kappa shape index (κ2) is 3.34. The highest BCUT2D eigenvalue weighted by Crippen LogP contribution is 2.16. The number of nitrogens with zero attached hydrogens (tertiary/aromatic N) is 3. The van der Waals surface area contributed by atoms with E-state index in [-0.39, 0.29) is 12.3 Å². The van der Waals surface area contributed by atoms with Crippen molar-refractivity contribution >= 4 is 5.97 Å². The predicted molar refractivity (Wildman–Crippen MR) is 41.7 cm³/mol. The lowest BCUT2D eigenvalue weighted by atomic mass is 10.1. The Morgan fingerprint density at radius 2 is 2.50 bits per heavy atom. The van der Waals surface area contributed by atoms with E-state index in [4.69, 9.17) is 5.11 Å². The first kappa shape index (κ1) is 8.70. The molecule has 1 rings (SSSR count). The maximum absolute atomic E-state index is 10.4. The van der Waals surface area contributed by atoms with Crippen LogP contribution < -0.4 is 0 Å². The highest BCUT2D eigenvalue weighted by molar-refractivity contribution is 5.67. The molecule has 0 aliphatic carbocycles. The average molecular weight is 169 g/mol. The van der Waals surface area contributed by atoms with E-state index >= 15 is 0 Å². The molecule has 0 aliphatic rings. The molecule has 5 heteroatoms. The zero-order valence-electron chi connectivity index (χ0n) is 7.06. The summed E-state index contributed by atoms with van der Waals surface area (Å²) < 4.78 is 1.59. The van der Waals surface area contributed by atoms with E-state index in [0.717, 1.165) is 5.69 Å². The molecule has 0 aromatic carbocycles. The van der Waals surface area contributed by atoms with Crippen molar-refractivity contribution in [3.8, 4) is 0 Å². The van der Waals surface area contributed by atoms with Crippen LogP contribution in [0.5, 0.6) is 0 Å². The summed E-state index contributed by atoms with van der Waals surface area (Å²) in [5.41, 5.74) is 0.845. The monoisotopic (exact) mass is 169 g/mol. The lowest BCUT2D eigenvalue weighted by molar-refractivity contribution is -0.137. The van der Waals surface area contributed by atoms with E-state index in [1.54, 1.807) is 17.9 Å². The second-order valence-electron chi connectivity index (χ2n) is 2.78. The van der Waals surface area contributed by atoms with E-state index < -0.39 is 5.97 Å². The van der Waals surface area contributed by atoms with E-state index in [0.29, 0.717) is 0 Å². The van der Waals surface area contributed by atoms with Crippen LogP contribution in [0.4, 0.5) is 0 Å². The van der Waals surface area contributed by atoms with Gasteiger partial charge in [-0.3, -0.25) is 9.48 Å². The summed E-state index contributed by atoms with van der Waals surface area (Å²) in [4.78, 5) is 10.4. The third-order valence-electron chi connectivity index (χ3n) is 1.74. The number of carboxylic acids is 1. The summed E-state index contributed by atoms with van der Waals surface area (Å²) in [7, 11) is 1.75. The minimum atomic E-state index is -0.802. The van der Waals surface area contributed by atoms with Gasteiger partial charge >= 0.3 is 5.97 Å². The van der Waals surface area contributed by atoms with Gasteiger partial charge in [0, 0.05) is 13.0 Å². The molecule has 0 spiro atoms. The number of hydrogen-bond donors (Lipinski definition) is 1. The third-order valence-corrected chi connectivity index (χ3v) is 1.74. The summed E-state index contributed by atoms with van der Waals surface area (Å²) in [5, 5.41) is 15.9. The van der Waals surface area contributed by atoms with Crippen molar-refractivity contribution in [3.63, 3.8) is 0 Å². The van der Waals surface area contributed by atoms with Crippen LogP contribution in [0.3, 0.4) is 0 Å². The summed E-state index contributed by atoms with van der Waals surface area (Å²) in [6.07, 6.45) is 1.70. The Balaban J connectivity index is 2.71. The van der Waals surface area contributed by atoms with Gasteiger partial charge in [-0.05, 0) is 0 Å². The molecule has 0 saturated carbocycles. The van der Waals surface area contributed by atoms with Gasteiger partial charge in [-0.2, -0.15) is 0 Å². The molecule has 1 aromatic heterocycles. The Labute approximate surface area is 70.0 Å². The minimum absolute atomic E-state index is 0.0394. The smallest absolute Gasteiger partial charge is 0.304 e. The van der Waals surface area contributed by atoms with E-state index in [1.165, 1.54) is 0 Å². The average Bonchev–Trinajstić information content (AvgIpc) is 2.33. The molecule has 5 nitrogen and oxygen atoms in total. The van der Waals surface area contributed by atoms with E-state index in [9.17, 15) is 4.79 Å². The number of aliphatic carboxylic acids is 1. The summed E-state index contributed by atoms with van der Waals surface area (Å²) in [6.45, 7) is 1.84. The zero-order valence-corrected chi connectivity index (χ0v) is 7.06. The van der Waals surface area contributed by atoms with Gasteiger partial charge in [-0.1, -0.05) is 12.1 Å². The number of carbonyl (C=O) groups is 1. The highest BCUT2D eigenvalue weighted by atomic mass is 16.4. The fourth-order valence-electron chi connectivity index (χ4n) is 1.11. The van der Waals surface area contributed by atoms with Crippen molar-refractivity contribution < 1.29 is 9.90 Å². The summed E-state index contributed by atoms with van der Waals surface area (Å²) >= 11 is 0. The van der Waals surface area contributed by atoms with Gasteiger partial charge in [0.25, 0.3) is 0 Å². The predicted octanol–water partition coefficient (Wildman–Crippen LogP) is 0.393. The highest BCUT2D eigenvalue weighted by Gasteiger charge is 2.13. The number of hydrogen-bond acceptors (Lipinski definition) is 3. The van der Waals surface area contributed by atoms with Crippen LogP contribution in [0.2, 0.25) is 0 Å².